The van der Waals surface area contributed by atoms with Crippen LogP contribution in [0.25, 0.3) is 0 Å². The maximum absolute atomic E-state index is 13.2. The molecule has 1 saturated carbocycles. The van der Waals surface area contributed by atoms with Crippen molar-refractivity contribution in [3.8, 4) is 6.07 Å². The molecule has 0 spiro atoms. The zero-order valence-electron chi connectivity index (χ0n) is 11.3. The minimum atomic E-state index is -0.332. The second-order valence-electron chi connectivity index (χ2n) is 5.43. The van der Waals surface area contributed by atoms with Crippen LogP contribution in [0, 0.1) is 23.1 Å². The van der Waals surface area contributed by atoms with E-state index in [1.54, 1.807) is 6.07 Å². The minimum Gasteiger partial charge on any atom is -0.313 e. The fraction of sp³-hybridized carbons (Fsp3) is 0.562. The molecule has 0 saturated heterocycles. The average Bonchev–Trinajstić information content (AvgIpc) is 2.91. The average molecular weight is 260 g/mol. The summed E-state index contributed by atoms with van der Waals surface area (Å²) in [5.41, 5.74) is 1.24. The Morgan fingerprint density at radius 2 is 2.05 bits per heavy atom. The molecule has 1 N–H and O–H groups in total. The van der Waals surface area contributed by atoms with Crippen LogP contribution < -0.4 is 5.32 Å². The van der Waals surface area contributed by atoms with Crippen LogP contribution in [0.5, 0.6) is 0 Å². The molecular formula is C16H21FN2. The van der Waals surface area contributed by atoms with Gasteiger partial charge in [0.05, 0.1) is 11.6 Å². The minimum absolute atomic E-state index is 0.332. The summed E-state index contributed by atoms with van der Waals surface area (Å²) in [5.74, 6) is 0.600. The molecule has 0 atom stereocenters. The molecule has 0 bridgehead atoms. The first kappa shape index (κ1) is 14.0. The molecule has 2 rings (SSSR count). The Bertz CT molecular complexity index is 445. The quantitative estimate of drug-likeness (QED) is 0.790. The number of hydrogen-bond acceptors (Lipinski definition) is 2. The Morgan fingerprint density at radius 3 is 2.79 bits per heavy atom. The molecule has 0 aliphatic heterocycles. The van der Waals surface area contributed by atoms with E-state index in [2.05, 4.69) is 5.32 Å². The molecule has 1 fully saturated rings. The van der Waals surface area contributed by atoms with Crippen molar-refractivity contribution in [2.75, 3.05) is 6.54 Å². The molecule has 102 valence electrons. The molecule has 0 radical (unpaired) electrons. The van der Waals surface area contributed by atoms with Crippen molar-refractivity contribution in [2.24, 2.45) is 5.92 Å². The van der Waals surface area contributed by atoms with Gasteiger partial charge in [-0.1, -0.05) is 25.7 Å². The van der Waals surface area contributed by atoms with Crippen molar-refractivity contribution in [2.45, 2.75) is 45.1 Å². The topological polar surface area (TPSA) is 35.8 Å². The normalized spacial score (nSPS) is 15.6. The number of benzene rings is 1. The van der Waals surface area contributed by atoms with E-state index in [1.807, 2.05) is 6.07 Å². The molecule has 1 aromatic rings. The summed E-state index contributed by atoms with van der Waals surface area (Å²) < 4.78 is 13.2. The van der Waals surface area contributed by atoms with E-state index in [1.165, 1.54) is 50.7 Å². The van der Waals surface area contributed by atoms with Gasteiger partial charge in [-0.3, -0.25) is 0 Å². The zero-order valence-corrected chi connectivity index (χ0v) is 11.3. The lowest BCUT2D eigenvalue weighted by molar-refractivity contribution is 0.470. The van der Waals surface area contributed by atoms with Crippen LogP contribution >= 0.6 is 0 Å². The van der Waals surface area contributed by atoms with Crippen LogP contribution in [0.4, 0.5) is 4.39 Å². The lowest BCUT2D eigenvalue weighted by atomic mass is 10.0. The second kappa shape index (κ2) is 7.25. The lowest BCUT2D eigenvalue weighted by Crippen LogP contribution is -2.15. The fourth-order valence-electron chi connectivity index (χ4n) is 2.86. The predicted octanol–water partition coefficient (Wildman–Crippen LogP) is 3.76. The summed E-state index contributed by atoms with van der Waals surface area (Å²) in [5, 5.41) is 12.1. The monoisotopic (exact) mass is 260 g/mol. The lowest BCUT2D eigenvalue weighted by Gasteiger charge is -2.09. The van der Waals surface area contributed by atoms with Crippen LogP contribution in [0.15, 0.2) is 18.2 Å². The van der Waals surface area contributed by atoms with Crippen LogP contribution in [0.2, 0.25) is 0 Å². The first-order valence-electron chi connectivity index (χ1n) is 7.18. The SMILES string of the molecule is N#Cc1cc(F)cc(CNCCCC2CCCC2)c1. The van der Waals surface area contributed by atoms with E-state index in [4.69, 9.17) is 5.26 Å². The first-order valence-corrected chi connectivity index (χ1v) is 7.18. The number of rotatable bonds is 6. The highest BCUT2D eigenvalue weighted by molar-refractivity contribution is 5.33. The van der Waals surface area contributed by atoms with Gasteiger partial charge in [-0.25, -0.2) is 4.39 Å². The van der Waals surface area contributed by atoms with Crippen molar-refractivity contribution in [3.63, 3.8) is 0 Å². The standard InChI is InChI=1S/C16H21FN2/c17-16-9-14(11-18)8-15(10-16)12-19-7-3-6-13-4-1-2-5-13/h8-10,13,19H,1-7,12H2. The fourth-order valence-corrected chi connectivity index (χ4v) is 2.86. The molecule has 19 heavy (non-hydrogen) atoms. The second-order valence-corrected chi connectivity index (χ2v) is 5.43. The Kier molecular flexibility index (Phi) is 5.35. The smallest absolute Gasteiger partial charge is 0.124 e. The third-order valence-electron chi connectivity index (χ3n) is 3.86. The third-order valence-corrected chi connectivity index (χ3v) is 3.86. The highest BCUT2D eigenvalue weighted by atomic mass is 19.1. The van der Waals surface area contributed by atoms with Gasteiger partial charge in [0.15, 0.2) is 0 Å². The van der Waals surface area contributed by atoms with E-state index in [0.29, 0.717) is 12.1 Å². The van der Waals surface area contributed by atoms with Crippen molar-refractivity contribution >= 4 is 0 Å². The molecule has 1 aromatic carbocycles. The van der Waals surface area contributed by atoms with Crippen molar-refractivity contribution in [3.05, 3.63) is 35.1 Å². The van der Waals surface area contributed by atoms with Gasteiger partial charge in [0, 0.05) is 6.54 Å². The molecule has 1 aliphatic rings. The molecule has 0 unspecified atom stereocenters. The van der Waals surface area contributed by atoms with Crippen LogP contribution in [-0.2, 0) is 6.54 Å². The zero-order chi connectivity index (χ0) is 13.5. The van der Waals surface area contributed by atoms with E-state index < -0.39 is 0 Å². The maximum Gasteiger partial charge on any atom is 0.124 e. The molecule has 2 nitrogen and oxygen atoms in total. The van der Waals surface area contributed by atoms with E-state index in [0.717, 1.165) is 18.0 Å². The number of nitrogens with one attached hydrogen (secondary N) is 1. The summed E-state index contributed by atoms with van der Waals surface area (Å²) in [6.45, 7) is 1.60. The summed E-state index contributed by atoms with van der Waals surface area (Å²) in [6.07, 6.45) is 8.09. The van der Waals surface area contributed by atoms with Gasteiger partial charge >= 0.3 is 0 Å². The van der Waals surface area contributed by atoms with E-state index in [9.17, 15) is 4.39 Å². The van der Waals surface area contributed by atoms with Crippen LogP contribution in [0.1, 0.15) is 49.7 Å². The summed E-state index contributed by atoms with van der Waals surface area (Å²) in [6, 6.07) is 6.48. The Balaban J connectivity index is 1.67. The van der Waals surface area contributed by atoms with Crippen molar-refractivity contribution < 1.29 is 4.39 Å². The van der Waals surface area contributed by atoms with Gasteiger partial charge in [-0.05, 0) is 49.1 Å². The Labute approximate surface area is 114 Å². The van der Waals surface area contributed by atoms with Gasteiger partial charge in [0.2, 0.25) is 0 Å². The third kappa shape index (κ3) is 4.65. The van der Waals surface area contributed by atoms with Gasteiger partial charge in [0.25, 0.3) is 0 Å². The highest BCUT2D eigenvalue weighted by Crippen LogP contribution is 2.28. The largest absolute Gasteiger partial charge is 0.313 e. The molecule has 3 heteroatoms. The molecular weight excluding hydrogens is 239 g/mol. The highest BCUT2D eigenvalue weighted by Gasteiger charge is 2.13. The number of halogens is 1. The summed E-state index contributed by atoms with van der Waals surface area (Å²) in [4.78, 5) is 0. The van der Waals surface area contributed by atoms with Crippen molar-refractivity contribution in [1.29, 1.82) is 5.26 Å². The van der Waals surface area contributed by atoms with Gasteiger partial charge in [-0.2, -0.15) is 5.26 Å². The number of nitriles is 1. The van der Waals surface area contributed by atoms with Crippen LogP contribution in [0.3, 0.4) is 0 Å². The summed E-state index contributed by atoms with van der Waals surface area (Å²) >= 11 is 0. The van der Waals surface area contributed by atoms with Crippen LogP contribution in [-0.4, -0.2) is 6.54 Å². The molecule has 0 heterocycles. The number of hydrogen-bond donors (Lipinski definition) is 1. The molecule has 1 aliphatic carbocycles. The maximum atomic E-state index is 13.2. The Hall–Kier alpha value is -1.40. The van der Waals surface area contributed by atoms with Crippen molar-refractivity contribution in [1.82, 2.24) is 5.32 Å². The van der Waals surface area contributed by atoms with E-state index >= 15 is 0 Å². The predicted molar refractivity (Wildman–Crippen MR) is 74.0 cm³/mol. The van der Waals surface area contributed by atoms with Gasteiger partial charge < -0.3 is 5.32 Å². The molecule has 0 amide bonds. The molecule has 0 aromatic heterocycles. The van der Waals surface area contributed by atoms with Gasteiger partial charge in [0.1, 0.15) is 5.82 Å². The Morgan fingerprint density at radius 1 is 1.26 bits per heavy atom. The first-order chi connectivity index (χ1) is 9.28. The van der Waals surface area contributed by atoms with Gasteiger partial charge in [-0.15, -0.1) is 0 Å². The van der Waals surface area contributed by atoms with E-state index in [-0.39, 0.29) is 5.82 Å². The summed E-state index contributed by atoms with van der Waals surface area (Å²) in [7, 11) is 0. The number of nitrogens with zero attached hydrogens (tertiary/aromatic N) is 1.